The van der Waals surface area contributed by atoms with Gasteiger partial charge in [-0.15, -0.1) is 0 Å². The molecule has 0 aromatic rings. The molecule has 0 spiro atoms. The lowest BCUT2D eigenvalue weighted by Gasteiger charge is -2.18. The molecule has 0 saturated carbocycles. The summed E-state index contributed by atoms with van der Waals surface area (Å²) in [6, 6.07) is -2.08. The highest BCUT2D eigenvalue weighted by Gasteiger charge is 2.21. The van der Waals surface area contributed by atoms with Gasteiger partial charge < -0.3 is 26.2 Å². The smallest absolute Gasteiger partial charge is 0.326 e. The van der Waals surface area contributed by atoms with E-state index < -0.39 is 24.0 Å². The molecule has 0 aliphatic rings. The number of carboxylic acids is 2. The molecule has 3 amide bonds. The van der Waals surface area contributed by atoms with Gasteiger partial charge in [-0.05, 0) is 32.6 Å². The maximum Gasteiger partial charge on any atom is 0.326 e. The van der Waals surface area contributed by atoms with Crippen LogP contribution in [-0.4, -0.2) is 58.5 Å². The van der Waals surface area contributed by atoms with Gasteiger partial charge in [0.15, 0.2) is 0 Å². The maximum absolute atomic E-state index is 11.7. The number of hydrogen-bond acceptors (Lipinski definition) is 5. The zero-order valence-electron chi connectivity index (χ0n) is 13.6. The molecule has 0 radical (unpaired) electrons. The van der Waals surface area contributed by atoms with Crippen LogP contribution >= 0.6 is 12.6 Å². The van der Waals surface area contributed by atoms with E-state index in [1.54, 1.807) is 6.92 Å². The number of thiol groups is 1. The number of carbonyl (C=O) groups excluding carboxylic acids is 2. The molecule has 0 aromatic carbocycles. The summed E-state index contributed by atoms with van der Waals surface area (Å²) in [5.74, 6) is -2.39. The largest absolute Gasteiger partial charge is 0.481 e. The topological polar surface area (TPSA) is 145 Å². The number of amides is 3. The van der Waals surface area contributed by atoms with Crippen LogP contribution in [-0.2, 0) is 14.4 Å². The first-order chi connectivity index (χ1) is 11.3. The SMILES string of the molecule is C[C@H](CCCCNC(=O)CS)NC(=O)N[C@@H](CCC(=O)O)C(=O)O. The predicted molar refractivity (Wildman–Crippen MR) is 90.1 cm³/mol. The lowest BCUT2D eigenvalue weighted by molar-refractivity contribution is -0.140. The predicted octanol–water partition coefficient (Wildman–Crippen LogP) is 0.208. The van der Waals surface area contributed by atoms with Crippen molar-refractivity contribution >= 4 is 36.5 Å². The van der Waals surface area contributed by atoms with Crippen LogP contribution in [0.2, 0.25) is 0 Å². The monoisotopic (exact) mass is 363 g/mol. The molecular weight excluding hydrogens is 338 g/mol. The van der Waals surface area contributed by atoms with Gasteiger partial charge in [0.2, 0.25) is 5.91 Å². The highest BCUT2D eigenvalue weighted by atomic mass is 32.1. The van der Waals surface area contributed by atoms with Crippen LogP contribution in [0, 0.1) is 0 Å². The fourth-order valence-corrected chi connectivity index (χ4v) is 1.99. The van der Waals surface area contributed by atoms with Crippen LogP contribution < -0.4 is 16.0 Å². The lowest BCUT2D eigenvalue weighted by atomic mass is 10.1. The molecule has 0 aliphatic carbocycles. The summed E-state index contributed by atoms with van der Waals surface area (Å²) in [5, 5.41) is 25.1. The van der Waals surface area contributed by atoms with Crippen LogP contribution in [0.4, 0.5) is 4.79 Å². The van der Waals surface area contributed by atoms with Crippen LogP contribution in [0.5, 0.6) is 0 Å². The van der Waals surface area contributed by atoms with Crippen molar-refractivity contribution in [3.05, 3.63) is 0 Å². The second kappa shape index (κ2) is 12.5. The summed E-state index contributed by atoms with van der Waals surface area (Å²) in [6.07, 6.45) is 1.67. The second-order valence-corrected chi connectivity index (χ2v) is 5.66. The number of hydrogen-bond donors (Lipinski definition) is 6. The molecule has 0 unspecified atom stereocenters. The Hall–Kier alpha value is -1.97. The van der Waals surface area contributed by atoms with Crippen molar-refractivity contribution in [1.29, 1.82) is 0 Å². The standard InChI is InChI=1S/C14H25N3O6S/c1-9(4-2-3-7-15-11(18)8-24)16-14(23)17-10(13(21)22)5-6-12(19)20/h9-10,24H,2-8H2,1H3,(H,15,18)(H,19,20)(H,21,22)(H2,16,17,23)/t9-,10+/m1/s1. The molecule has 0 rings (SSSR count). The molecule has 0 aromatic heterocycles. The van der Waals surface area contributed by atoms with E-state index in [-0.39, 0.29) is 30.5 Å². The van der Waals surface area contributed by atoms with E-state index >= 15 is 0 Å². The van der Waals surface area contributed by atoms with E-state index in [1.165, 1.54) is 0 Å². The number of unbranched alkanes of at least 4 members (excludes halogenated alkanes) is 1. The molecule has 2 atom stereocenters. The van der Waals surface area contributed by atoms with Crippen molar-refractivity contribution in [2.45, 2.75) is 51.1 Å². The Kier molecular flexibility index (Phi) is 11.4. The number of urea groups is 1. The van der Waals surface area contributed by atoms with E-state index in [4.69, 9.17) is 10.2 Å². The highest BCUT2D eigenvalue weighted by Crippen LogP contribution is 2.01. The first-order valence-electron chi connectivity index (χ1n) is 7.65. The molecular formula is C14H25N3O6S. The Labute approximate surface area is 146 Å². The zero-order chi connectivity index (χ0) is 18.5. The van der Waals surface area contributed by atoms with E-state index in [0.717, 1.165) is 12.8 Å². The Morgan fingerprint density at radius 1 is 1.04 bits per heavy atom. The van der Waals surface area contributed by atoms with Gasteiger partial charge in [0.1, 0.15) is 6.04 Å². The Morgan fingerprint density at radius 2 is 1.71 bits per heavy atom. The Morgan fingerprint density at radius 3 is 2.25 bits per heavy atom. The average Bonchev–Trinajstić information content (AvgIpc) is 2.50. The number of rotatable bonds is 12. The summed E-state index contributed by atoms with van der Waals surface area (Å²) in [6.45, 7) is 2.31. The van der Waals surface area contributed by atoms with Crippen LogP contribution in [0.25, 0.3) is 0 Å². The van der Waals surface area contributed by atoms with Gasteiger partial charge in [0, 0.05) is 19.0 Å². The first-order valence-corrected chi connectivity index (χ1v) is 8.28. The van der Waals surface area contributed by atoms with Crippen molar-refractivity contribution in [3.8, 4) is 0 Å². The van der Waals surface area contributed by atoms with Crippen molar-refractivity contribution < 1.29 is 29.4 Å². The molecule has 0 fully saturated rings. The minimum atomic E-state index is -1.28. The second-order valence-electron chi connectivity index (χ2n) is 5.35. The van der Waals surface area contributed by atoms with Crippen LogP contribution in [0.15, 0.2) is 0 Å². The fourth-order valence-electron chi connectivity index (χ4n) is 1.88. The average molecular weight is 363 g/mol. The van der Waals surface area contributed by atoms with Crippen molar-refractivity contribution in [2.24, 2.45) is 0 Å². The summed E-state index contributed by atoms with van der Waals surface area (Å²) in [5.41, 5.74) is 0. The highest BCUT2D eigenvalue weighted by molar-refractivity contribution is 7.81. The number of carboxylic acid groups (broad SMARTS) is 2. The fraction of sp³-hybridized carbons (Fsp3) is 0.714. The molecule has 138 valence electrons. The number of nitrogens with one attached hydrogen (secondary N) is 3. The van der Waals surface area contributed by atoms with Gasteiger partial charge >= 0.3 is 18.0 Å². The van der Waals surface area contributed by atoms with Gasteiger partial charge in [0.25, 0.3) is 0 Å². The summed E-state index contributed by atoms with van der Waals surface area (Å²) in [7, 11) is 0. The molecule has 9 nitrogen and oxygen atoms in total. The molecule has 10 heteroatoms. The van der Waals surface area contributed by atoms with Gasteiger partial charge in [-0.2, -0.15) is 12.6 Å². The Bertz CT molecular complexity index is 446. The van der Waals surface area contributed by atoms with Crippen molar-refractivity contribution in [1.82, 2.24) is 16.0 Å². The van der Waals surface area contributed by atoms with E-state index in [0.29, 0.717) is 13.0 Å². The quantitative estimate of drug-likeness (QED) is 0.216. The van der Waals surface area contributed by atoms with Crippen LogP contribution in [0.3, 0.4) is 0 Å². The van der Waals surface area contributed by atoms with Crippen LogP contribution in [0.1, 0.15) is 39.0 Å². The van der Waals surface area contributed by atoms with Gasteiger partial charge in [0.05, 0.1) is 5.75 Å². The lowest BCUT2D eigenvalue weighted by Crippen LogP contribution is -2.48. The zero-order valence-corrected chi connectivity index (χ0v) is 14.5. The molecule has 0 bridgehead atoms. The third-order valence-corrected chi connectivity index (χ3v) is 3.44. The van der Waals surface area contributed by atoms with E-state index in [2.05, 4.69) is 28.6 Å². The minimum absolute atomic E-state index is 0.134. The van der Waals surface area contributed by atoms with Gasteiger partial charge in [-0.1, -0.05) is 0 Å². The molecule has 24 heavy (non-hydrogen) atoms. The third kappa shape index (κ3) is 11.6. The maximum atomic E-state index is 11.7. The summed E-state index contributed by atoms with van der Waals surface area (Å²) < 4.78 is 0. The molecule has 0 saturated heterocycles. The normalized spacial score (nSPS) is 12.8. The van der Waals surface area contributed by atoms with Crippen molar-refractivity contribution in [3.63, 3.8) is 0 Å². The molecule has 5 N–H and O–H groups in total. The van der Waals surface area contributed by atoms with E-state index in [9.17, 15) is 19.2 Å². The van der Waals surface area contributed by atoms with Crippen molar-refractivity contribution in [2.75, 3.05) is 12.3 Å². The summed E-state index contributed by atoms with van der Waals surface area (Å²) in [4.78, 5) is 44.2. The number of aliphatic carboxylic acids is 2. The molecule has 0 aliphatic heterocycles. The first kappa shape index (κ1) is 22.0. The third-order valence-electron chi connectivity index (χ3n) is 3.16. The molecule has 0 heterocycles. The minimum Gasteiger partial charge on any atom is -0.481 e. The Balaban J connectivity index is 4.00. The summed E-state index contributed by atoms with van der Waals surface area (Å²) >= 11 is 3.84. The van der Waals surface area contributed by atoms with Gasteiger partial charge in [-0.25, -0.2) is 9.59 Å². The van der Waals surface area contributed by atoms with E-state index in [1.807, 2.05) is 0 Å². The van der Waals surface area contributed by atoms with Gasteiger partial charge in [-0.3, -0.25) is 9.59 Å². The number of carbonyl (C=O) groups is 4.